The number of fused-ring (bicyclic) bond motifs is 1. The van der Waals surface area contributed by atoms with Crippen molar-refractivity contribution in [1.82, 2.24) is 14.5 Å². The molecule has 1 atom stereocenters. The van der Waals surface area contributed by atoms with Gasteiger partial charge in [-0.25, -0.2) is 4.98 Å². The Bertz CT molecular complexity index is 856. The molecule has 1 aromatic carbocycles. The summed E-state index contributed by atoms with van der Waals surface area (Å²) in [6, 6.07) is 8.08. The highest BCUT2D eigenvalue weighted by molar-refractivity contribution is 8.00. The zero-order valence-electron chi connectivity index (χ0n) is 17.6. The predicted octanol–water partition coefficient (Wildman–Crippen LogP) is 3.56. The fourth-order valence-electron chi connectivity index (χ4n) is 3.23. The highest BCUT2D eigenvalue weighted by atomic mass is 32.2. The number of rotatable bonds is 9. The van der Waals surface area contributed by atoms with Crippen molar-refractivity contribution in [3.8, 4) is 0 Å². The molecule has 0 bridgehead atoms. The number of carbonyl (C=O) groups is 1. The maximum atomic E-state index is 13.2. The summed E-state index contributed by atoms with van der Waals surface area (Å²) in [5, 5.41) is 0.707. The van der Waals surface area contributed by atoms with Crippen LogP contribution in [0, 0.1) is 0 Å². The van der Waals surface area contributed by atoms with Gasteiger partial charge in [0, 0.05) is 25.2 Å². The van der Waals surface area contributed by atoms with Crippen molar-refractivity contribution in [3.63, 3.8) is 0 Å². The number of hydrogen-bond donors (Lipinski definition) is 0. The van der Waals surface area contributed by atoms with Gasteiger partial charge in [0.1, 0.15) is 5.25 Å². The van der Waals surface area contributed by atoms with Gasteiger partial charge in [0.2, 0.25) is 0 Å². The predicted molar refractivity (Wildman–Crippen MR) is 115 cm³/mol. The molecule has 6 nitrogen and oxygen atoms in total. The lowest BCUT2D eigenvalue weighted by molar-refractivity contribution is -0.142. The van der Waals surface area contributed by atoms with E-state index in [-0.39, 0.29) is 11.5 Å². The van der Waals surface area contributed by atoms with Gasteiger partial charge in [0.15, 0.2) is 5.16 Å². The number of para-hydroxylation sites is 1. The van der Waals surface area contributed by atoms with Gasteiger partial charge in [-0.2, -0.15) is 0 Å². The number of benzene rings is 1. The topological polar surface area (TPSA) is 64.4 Å². The van der Waals surface area contributed by atoms with E-state index in [1.54, 1.807) is 24.5 Å². The van der Waals surface area contributed by atoms with Crippen LogP contribution < -0.4 is 5.56 Å². The first-order valence-electron chi connectivity index (χ1n) is 9.84. The Hall–Kier alpha value is -1.86. The first-order chi connectivity index (χ1) is 13.3. The molecule has 1 aromatic heterocycles. The van der Waals surface area contributed by atoms with Crippen LogP contribution in [0.25, 0.3) is 10.9 Å². The first kappa shape index (κ1) is 22.4. The van der Waals surface area contributed by atoms with Crippen molar-refractivity contribution in [2.45, 2.75) is 70.6 Å². The standard InChI is InChI=1S/C21H31N3O3S/c1-7-27-20(26)16(6)28-21-22-18-11-9-8-10-17(18)19(25)24(21)13-12-23(14(2)3)15(4)5/h8-11,14-16H,7,12-13H2,1-6H3. The minimum atomic E-state index is -0.439. The lowest BCUT2D eigenvalue weighted by atomic mass is 10.2. The van der Waals surface area contributed by atoms with Crippen molar-refractivity contribution >= 4 is 28.6 Å². The van der Waals surface area contributed by atoms with Gasteiger partial charge >= 0.3 is 5.97 Å². The van der Waals surface area contributed by atoms with E-state index in [0.29, 0.717) is 41.3 Å². The van der Waals surface area contributed by atoms with Crippen LogP contribution in [0.15, 0.2) is 34.2 Å². The zero-order valence-corrected chi connectivity index (χ0v) is 18.5. The monoisotopic (exact) mass is 405 g/mol. The van der Waals surface area contributed by atoms with Crippen LogP contribution in [0.4, 0.5) is 0 Å². The molecule has 0 fully saturated rings. The fourth-order valence-corrected chi connectivity index (χ4v) is 4.16. The van der Waals surface area contributed by atoms with E-state index < -0.39 is 5.25 Å². The Morgan fingerprint density at radius 3 is 2.43 bits per heavy atom. The first-order valence-corrected chi connectivity index (χ1v) is 10.7. The summed E-state index contributed by atoms with van der Waals surface area (Å²) in [6.45, 7) is 13.8. The van der Waals surface area contributed by atoms with Gasteiger partial charge in [-0.05, 0) is 53.7 Å². The van der Waals surface area contributed by atoms with Crippen LogP contribution in [-0.4, -0.2) is 50.9 Å². The quantitative estimate of drug-likeness (QED) is 0.361. The number of esters is 1. The molecule has 1 unspecified atom stereocenters. The molecule has 2 aromatic rings. The number of ether oxygens (including phenoxy) is 1. The Kier molecular flexibility index (Phi) is 8.07. The average molecular weight is 406 g/mol. The third-order valence-corrected chi connectivity index (χ3v) is 5.70. The molecule has 0 saturated carbocycles. The smallest absolute Gasteiger partial charge is 0.319 e. The SMILES string of the molecule is CCOC(=O)C(C)Sc1nc2ccccc2c(=O)n1CCN(C(C)C)C(C)C. The van der Waals surface area contributed by atoms with E-state index in [1.807, 2.05) is 18.2 Å². The molecule has 28 heavy (non-hydrogen) atoms. The molecule has 2 rings (SSSR count). The minimum absolute atomic E-state index is 0.0726. The fraction of sp³-hybridized carbons (Fsp3) is 0.571. The lowest BCUT2D eigenvalue weighted by Crippen LogP contribution is -2.40. The van der Waals surface area contributed by atoms with Crippen LogP contribution in [0.2, 0.25) is 0 Å². The summed E-state index contributed by atoms with van der Waals surface area (Å²) in [5.41, 5.74) is 0.573. The average Bonchev–Trinajstić information content (AvgIpc) is 2.63. The van der Waals surface area contributed by atoms with Gasteiger partial charge < -0.3 is 4.74 Å². The molecule has 154 valence electrons. The Morgan fingerprint density at radius 1 is 1.18 bits per heavy atom. The molecule has 7 heteroatoms. The molecule has 0 N–H and O–H groups in total. The Morgan fingerprint density at radius 2 is 1.82 bits per heavy atom. The highest BCUT2D eigenvalue weighted by Gasteiger charge is 2.21. The number of carbonyl (C=O) groups excluding carboxylic acids is 1. The van der Waals surface area contributed by atoms with Crippen molar-refractivity contribution in [3.05, 3.63) is 34.6 Å². The summed E-state index contributed by atoms with van der Waals surface area (Å²) in [6.07, 6.45) is 0. The maximum Gasteiger partial charge on any atom is 0.319 e. The lowest BCUT2D eigenvalue weighted by Gasteiger charge is -2.31. The van der Waals surface area contributed by atoms with Crippen LogP contribution >= 0.6 is 11.8 Å². The number of thioether (sulfide) groups is 1. The van der Waals surface area contributed by atoms with E-state index in [9.17, 15) is 9.59 Å². The number of nitrogens with zero attached hydrogens (tertiary/aromatic N) is 3. The molecule has 0 aliphatic heterocycles. The van der Waals surface area contributed by atoms with Gasteiger partial charge in [-0.3, -0.25) is 19.1 Å². The largest absolute Gasteiger partial charge is 0.465 e. The molecular formula is C21H31N3O3S. The summed E-state index contributed by atoms with van der Waals surface area (Å²) in [7, 11) is 0. The van der Waals surface area contributed by atoms with E-state index >= 15 is 0 Å². The maximum absolute atomic E-state index is 13.2. The van der Waals surface area contributed by atoms with Gasteiger partial charge in [0.05, 0.1) is 17.5 Å². The molecule has 0 aliphatic rings. The Balaban J connectivity index is 2.41. The molecule has 0 radical (unpaired) electrons. The van der Waals surface area contributed by atoms with E-state index in [2.05, 4.69) is 37.6 Å². The summed E-state index contributed by atoms with van der Waals surface area (Å²) < 4.78 is 6.81. The van der Waals surface area contributed by atoms with Crippen molar-refractivity contribution in [2.24, 2.45) is 0 Å². The van der Waals surface area contributed by atoms with Crippen molar-refractivity contribution in [2.75, 3.05) is 13.2 Å². The van der Waals surface area contributed by atoms with E-state index in [4.69, 9.17) is 4.74 Å². The number of aromatic nitrogens is 2. The molecule has 0 aliphatic carbocycles. The second-order valence-corrected chi connectivity index (χ2v) is 8.61. The number of hydrogen-bond acceptors (Lipinski definition) is 6. The van der Waals surface area contributed by atoms with Crippen LogP contribution in [0.5, 0.6) is 0 Å². The van der Waals surface area contributed by atoms with Crippen LogP contribution in [-0.2, 0) is 16.1 Å². The molecule has 0 saturated heterocycles. The molecular weight excluding hydrogens is 374 g/mol. The molecule has 0 amide bonds. The normalized spacial score (nSPS) is 12.9. The minimum Gasteiger partial charge on any atom is -0.465 e. The van der Waals surface area contributed by atoms with Crippen LogP contribution in [0.3, 0.4) is 0 Å². The van der Waals surface area contributed by atoms with Crippen molar-refractivity contribution in [1.29, 1.82) is 0 Å². The third-order valence-electron chi connectivity index (χ3n) is 4.64. The van der Waals surface area contributed by atoms with E-state index in [0.717, 1.165) is 6.54 Å². The van der Waals surface area contributed by atoms with Gasteiger partial charge in [-0.1, -0.05) is 23.9 Å². The second-order valence-electron chi connectivity index (χ2n) is 7.31. The third kappa shape index (κ3) is 5.35. The van der Waals surface area contributed by atoms with Crippen LogP contribution in [0.1, 0.15) is 41.5 Å². The summed E-state index contributed by atoms with van der Waals surface area (Å²) in [5.74, 6) is -0.299. The summed E-state index contributed by atoms with van der Waals surface area (Å²) in [4.78, 5) is 32.3. The highest BCUT2D eigenvalue weighted by Crippen LogP contribution is 2.23. The second kappa shape index (κ2) is 10.1. The van der Waals surface area contributed by atoms with Gasteiger partial charge in [0.25, 0.3) is 5.56 Å². The van der Waals surface area contributed by atoms with Crippen molar-refractivity contribution < 1.29 is 9.53 Å². The van der Waals surface area contributed by atoms with E-state index in [1.165, 1.54) is 11.8 Å². The van der Waals surface area contributed by atoms with Gasteiger partial charge in [-0.15, -0.1) is 0 Å². The summed E-state index contributed by atoms with van der Waals surface area (Å²) >= 11 is 1.27. The molecule has 1 heterocycles. The Labute approximate surface area is 171 Å². The molecule has 0 spiro atoms. The zero-order chi connectivity index (χ0) is 20.8.